The monoisotopic (exact) mass is 1180 g/mol. The van der Waals surface area contributed by atoms with E-state index in [1.54, 1.807) is 62.0 Å². The van der Waals surface area contributed by atoms with Crippen molar-refractivity contribution in [1.82, 2.24) is 68.2 Å². The second-order valence-electron chi connectivity index (χ2n) is 18.0. The molecule has 432 valence electrons. The summed E-state index contributed by atoms with van der Waals surface area (Å²) in [5, 5.41) is 11.5. The highest BCUT2D eigenvalue weighted by Crippen LogP contribution is 2.40. The number of fused-ring (bicyclic) bond motifs is 4. The van der Waals surface area contributed by atoms with Crippen molar-refractivity contribution in [2.45, 2.75) is 40.8 Å². The van der Waals surface area contributed by atoms with Gasteiger partial charge in [0.2, 0.25) is 0 Å². The van der Waals surface area contributed by atoms with E-state index in [0.717, 1.165) is 21.2 Å². The van der Waals surface area contributed by atoms with Crippen molar-refractivity contribution in [3.63, 3.8) is 0 Å². The second-order valence-corrected chi connectivity index (χ2v) is 20.0. The van der Waals surface area contributed by atoms with Crippen LogP contribution in [0.25, 0.3) is 76.8 Å². The van der Waals surface area contributed by atoms with Crippen LogP contribution in [0.15, 0.2) is 120 Å². The first-order valence-corrected chi connectivity index (χ1v) is 26.4. The van der Waals surface area contributed by atoms with Gasteiger partial charge in [-0.2, -0.15) is 10.2 Å². The van der Waals surface area contributed by atoms with Gasteiger partial charge in [-0.25, -0.2) is 66.8 Å². The van der Waals surface area contributed by atoms with Gasteiger partial charge in [-0.05, 0) is 73.5 Å². The first kappa shape index (κ1) is 59.0. The van der Waals surface area contributed by atoms with Gasteiger partial charge in [0.25, 0.3) is 21.5 Å². The number of methoxy groups -OCH3 is 2. The fourth-order valence-corrected chi connectivity index (χ4v) is 10.7. The van der Waals surface area contributed by atoms with Gasteiger partial charge < -0.3 is 30.4 Å². The molecule has 10 heterocycles. The average molecular weight is 1190 g/mol. The SMILES string of the molecule is C.C.COCCOc1ncc(-c2nn([C@@H](C)c3nc4ccc(F)cn4c(=O)c3-c3cccc(F)c3)c3ncnc(N)c23)s1.COCCOc1ncc(-c2nn([C@H](C)c3nc4ccc(F)cn4c(=O)c3-c3cccc(F)c3)c3ncnc(N)c23)s1. The van der Waals surface area contributed by atoms with E-state index < -0.39 is 46.5 Å². The lowest BCUT2D eigenvalue weighted by atomic mass is 10.0. The van der Waals surface area contributed by atoms with Gasteiger partial charge in [0.1, 0.15) is 83.5 Å². The summed E-state index contributed by atoms with van der Waals surface area (Å²) in [6.07, 6.45) is 7.96. The molecule has 10 aromatic heterocycles. The number of halogens is 4. The van der Waals surface area contributed by atoms with E-state index in [1.165, 1.54) is 96.0 Å². The fourth-order valence-electron chi connectivity index (χ4n) is 9.10. The smallest absolute Gasteiger partial charge is 0.273 e. The minimum absolute atomic E-state index is 0. The average Bonchev–Trinajstić information content (AvgIpc) is 1.51. The normalized spacial score (nSPS) is 12.0. The van der Waals surface area contributed by atoms with Crippen LogP contribution in [-0.4, -0.2) is 109 Å². The van der Waals surface area contributed by atoms with Gasteiger partial charge in [0, 0.05) is 26.6 Å². The van der Waals surface area contributed by atoms with E-state index in [2.05, 4.69) is 29.9 Å². The summed E-state index contributed by atoms with van der Waals surface area (Å²) in [4.78, 5) is 64.0. The van der Waals surface area contributed by atoms with Gasteiger partial charge in [0.15, 0.2) is 11.3 Å². The highest BCUT2D eigenvalue weighted by Gasteiger charge is 2.30. The van der Waals surface area contributed by atoms with Gasteiger partial charge >= 0.3 is 0 Å². The summed E-state index contributed by atoms with van der Waals surface area (Å²) < 4.78 is 83.5. The molecule has 2 aromatic carbocycles. The molecule has 0 aliphatic rings. The summed E-state index contributed by atoms with van der Waals surface area (Å²) in [5.41, 5.74) is 14.9. The number of thiazole rings is 2. The molecular weight excluding hydrogens is 1130 g/mol. The Morgan fingerprint density at radius 2 is 0.964 bits per heavy atom. The number of nitrogens with zero attached hydrogens (tertiary/aromatic N) is 14. The number of nitrogen functional groups attached to an aromatic ring is 2. The standard InChI is InChI=1S/2C27H22F2N8O3S.2CH4/c2*1-14(22-20(15-4-3-5-16(28)10-15)26(38)36-12-17(29)6-7-19(36)34-22)37-25-21(24(30)32-13-33-25)23(35-37)18-11-31-27(41-18)40-9-8-39-2;;/h2*3-7,10-14H,8-9H2,1-2H3,(H2,30,32,33);2*1H4/t2*14-;;/m10../s1. The zero-order chi connectivity index (χ0) is 57.3. The van der Waals surface area contributed by atoms with Crippen LogP contribution in [0.3, 0.4) is 0 Å². The van der Waals surface area contributed by atoms with Crippen molar-refractivity contribution in [3.8, 4) is 53.8 Å². The molecule has 28 heteroatoms. The summed E-state index contributed by atoms with van der Waals surface area (Å²) in [6.45, 7) is 5.04. The molecular formula is C56H52F4N16O6S2. The quantitative estimate of drug-likeness (QED) is 0.0673. The van der Waals surface area contributed by atoms with Gasteiger partial charge in [-0.3, -0.25) is 18.4 Å². The molecule has 84 heavy (non-hydrogen) atoms. The van der Waals surface area contributed by atoms with Crippen molar-refractivity contribution in [2.75, 3.05) is 52.1 Å². The van der Waals surface area contributed by atoms with Crippen LogP contribution in [0.1, 0.15) is 52.2 Å². The second kappa shape index (κ2) is 24.8. The molecule has 0 saturated heterocycles. The van der Waals surface area contributed by atoms with E-state index >= 15 is 0 Å². The number of ether oxygens (including phenoxy) is 4. The molecule has 0 radical (unpaired) electrons. The Morgan fingerprint density at radius 3 is 1.36 bits per heavy atom. The van der Waals surface area contributed by atoms with Gasteiger partial charge in [0.05, 0.1) is 80.7 Å². The van der Waals surface area contributed by atoms with Crippen molar-refractivity contribution >= 4 is 67.7 Å². The Balaban J connectivity index is 0.000000197. The molecule has 0 aliphatic carbocycles. The van der Waals surface area contributed by atoms with E-state index in [0.29, 0.717) is 80.0 Å². The highest BCUT2D eigenvalue weighted by molar-refractivity contribution is 7.17. The maximum atomic E-state index is 14.3. The minimum atomic E-state index is -0.702. The number of rotatable bonds is 16. The van der Waals surface area contributed by atoms with E-state index in [4.69, 9.17) is 50.6 Å². The maximum Gasteiger partial charge on any atom is 0.273 e. The molecule has 2 atom stereocenters. The minimum Gasteiger partial charge on any atom is -0.468 e. The van der Waals surface area contributed by atoms with E-state index in [1.807, 2.05) is 0 Å². The molecule has 0 bridgehead atoms. The third-order valence-corrected chi connectivity index (χ3v) is 14.7. The Morgan fingerprint density at radius 1 is 0.548 bits per heavy atom. The number of hydrogen-bond acceptors (Lipinski definition) is 20. The van der Waals surface area contributed by atoms with Gasteiger partial charge in [-0.15, -0.1) is 0 Å². The Bertz CT molecular complexity index is 4230. The van der Waals surface area contributed by atoms with Crippen LogP contribution in [0, 0.1) is 23.3 Å². The molecule has 4 N–H and O–H groups in total. The van der Waals surface area contributed by atoms with Crippen molar-refractivity contribution in [3.05, 3.63) is 166 Å². The fraction of sp³-hybridized carbons (Fsp3) is 0.214. The van der Waals surface area contributed by atoms with Gasteiger partial charge in [-0.1, -0.05) is 61.8 Å². The number of nitrogens with two attached hydrogens (primary N) is 2. The number of hydrogen-bond donors (Lipinski definition) is 2. The number of benzene rings is 2. The molecule has 22 nitrogen and oxygen atoms in total. The van der Waals surface area contributed by atoms with E-state index in [9.17, 15) is 27.2 Å². The van der Waals surface area contributed by atoms with Crippen LogP contribution in [0.4, 0.5) is 29.2 Å². The maximum absolute atomic E-state index is 14.3. The summed E-state index contributed by atoms with van der Waals surface area (Å²) in [6, 6.07) is 15.0. The Labute approximate surface area is 482 Å². The number of anilines is 2. The van der Waals surface area contributed by atoms with E-state index in [-0.39, 0.29) is 71.4 Å². The highest BCUT2D eigenvalue weighted by atomic mass is 32.1. The molecule has 0 fully saturated rings. The Kier molecular flexibility index (Phi) is 17.4. The zero-order valence-electron chi connectivity index (χ0n) is 43.6. The van der Waals surface area contributed by atoms with Crippen LogP contribution in [0.5, 0.6) is 10.4 Å². The molecule has 12 aromatic rings. The third-order valence-electron chi connectivity index (χ3n) is 12.9. The first-order valence-electron chi connectivity index (χ1n) is 24.8. The van der Waals surface area contributed by atoms with Crippen LogP contribution < -0.4 is 32.1 Å². The lowest BCUT2D eigenvalue weighted by molar-refractivity contribution is 0.146. The lowest BCUT2D eigenvalue weighted by Crippen LogP contribution is -2.23. The Hall–Kier alpha value is -9.64. The molecule has 0 unspecified atom stereocenters. The number of aromatic nitrogens is 14. The largest absolute Gasteiger partial charge is 0.468 e. The summed E-state index contributed by atoms with van der Waals surface area (Å²) >= 11 is 2.53. The van der Waals surface area contributed by atoms with Crippen LogP contribution in [0.2, 0.25) is 0 Å². The lowest BCUT2D eigenvalue weighted by Gasteiger charge is -2.18. The van der Waals surface area contributed by atoms with Crippen molar-refractivity contribution in [1.29, 1.82) is 0 Å². The summed E-state index contributed by atoms with van der Waals surface area (Å²) in [7, 11) is 3.16. The molecule has 0 aliphatic heterocycles. The van der Waals surface area contributed by atoms with Crippen LogP contribution >= 0.6 is 22.7 Å². The van der Waals surface area contributed by atoms with Crippen LogP contribution in [-0.2, 0) is 9.47 Å². The number of pyridine rings is 2. The predicted molar refractivity (Wildman–Crippen MR) is 311 cm³/mol. The predicted octanol–water partition coefficient (Wildman–Crippen LogP) is 9.51. The molecule has 0 saturated carbocycles. The van der Waals surface area contributed by atoms with Crippen molar-refractivity contribution in [2.24, 2.45) is 0 Å². The first-order chi connectivity index (χ1) is 39.7. The molecule has 12 rings (SSSR count). The molecule has 0 amide bonds. The molecule has 0 spiro atoms. The topological polar surface area (TPSA) is 271 Å². The zero-order valence-corrected chi connectivity index (χ0v) is 45.2. The van der Waals surface area contributed by atoms with Crippen molar-refractivity contribution < 1.29 is 36.5 Å². The third kappa shape index (κ3) is 11.3. The summed E-state index contributed by atoms with van der Waals surface area (Å²) in [5.74, 6) is -1.90.